The van der Waals surface area contributed by atoms with Crippen LogP contribution in [0.3, 0.4) is 0 Å². The molecule has 2 rings (SSSR count). The third-order valence-electron chi connectivity index (χ3n) is 2.68. The van der Waals surface area contributed by atoms with Crippen molar-refractivity contribution in [3.05, 3.63) is 37.2 Å². The van der Waals surface area contributed by atoms with Crippen LogP contribution < -0.4 is 10.2 Å². The van der Waals surface area contributed by atoms with Gasteiger partial charge >= 0.3 is 4.87 Å². The first-order chi connectivity index (χ1) is 8.61. The van der Waals surface area contributed by atoms with Crippen molar-refractivity contribution in [1.82, 2.24) is 20.1 Å². The van der Waals surface area contributed by atoms with Gasteiger partial charge in [-0.3, -0.25) is 9.48 Å². The van der Waals surface area contributed by atoms with Crippen LogP contribution in [0.15, 0.2) is 10.2 Å². The minimum atomic E-state index is -0.0290. The highest BCUT2D eigenvalue weighted by Crippen LogP contribution is 2.20. The van der Waals surface area contributed by atoms with Gasteiger partial charge in [0.05, 0.1) is 16.4 Å². The third kappa shape index (κ3) is 2.82. The molecule has 5 nitrogen and oxygen atoms in total. The first-order valence-corrected chi connectivity index (χ1v) is 6.95. The Morgan fingerprint density at radius 1 is 1.56 bits per heavy atom. The molecule has 0 saturated heterocycles. The summed E-state index contributed by atoms with van der Waals surface area (Å²) in [4.78, 5) is 13.7. The number of rotatable bonds is 5. The SMILES string of the molecule is CCc1nn(C)c(CNCc2csc(=O)[nH]2)c1Cl. The van der Waals surface area contributed by atoms with Crippen molar-refractivity contribution in [2.75, 3.05) is 0 Å². The van der Waals surface area contributed by atoms with Crippen LogP contribution >= 0.6 is 22.9 Å². The molecule has 0 atom stereocenters. The monoisotopic (exact) mass is 286 g/mol. The van der Waals surface area contributed by atoms with Crippen molar-refractivity contribution < 1.29 is 0 Å². The van der Waals surface area contributed by atoms with Gasteiger partial charge in [0.25, 0.3) is 0 Å². The number of nitrogens with zero attached hydrogens (tertiary/aromatic N) is 2. The molecule has 2 heterocycles. The smallest absolute Gasteiger partial charge is 0.304 e. The van der Waals surface area contributed by atoms with Crippen LogP contribution in [0.4, 0.5) is 0 Å². The molecule has 0 radical (unpaired) electrons. The average Bonchev–Trinajstić information content (AvgIpc) is 2.86. The maximum atomic E-state index is 11.0. The van der Waals surface area contributed by atoms with Gasteiger partial charge in [0.15, 0.2) is 0 Å². The fourth-order valence-electron chi connectivity index (χ4n) is 1.73. The van der Waals surface area contributed by atoms with Gasteiger partial charge in [-0.05, 0) is 6.42 Å². The predicted octanol–water partition coefficient (Wildman–Crippen LogP) is 1.68. The molecule has 0 aliphatic rings. The van der Waals surface area contributed by atoms with Crippen LogP contribution in [0.5, 0.6) is 0 Å². The Balaban J connectivity index is 1.98. The molecule has 0 unspecified atom stereocenters. The van der Waals surface area contributed by atoms with E-state index in [2.05, 4.69) is 15.4 Å². The van der Waals surface area contributed by atoms with Gasteiger partial charge in [0, 0.05) is 31.2 Å². The molecule has 0 spiro atoms. The summed E-state index contributed by atoms with van der Waals surface area (Å²) in [7, 11) is 1.88. The molecule has 2 aromatic heterocycles. The van der Waals surface area contributed by atoms with Gasteiger partial charge in [-0.2, -0.15) is 5.10 Å². The van der Waals surface area contributed by atoms with E-state index in [0.29, 0.717) is 13.1 Å². The highest BCUT2D eigenvalue weighted by atomic mass is 35.5. The topological polar surface area (TPSA) is 62.7 Å². The largest absolute Gasteiger partial charge is 0.315 e. The van der Waals surface area contributed by atoms with Crippen LogP contribution in [-0.2, 0) is 26.6 Å². The molecule has 0 bridgehead atoms. The Kier molecular flexibility index (Phi) is 4.21. The van der Waals surface area contributed by atoms with Crippen LogP contribution in [0.25, 0.3) is 0 Å². The lowest BCUT2D eigenvalue weighted by atomic mass is 10.3. The van der Waals surface area contributed by atoms with Crippen LogP contribution in [0, 0.1) is 0 Å². The molecule has 0 aliphatic carbocycles. The third-order valence-corrected chi connectivity index (χ3v) is 3.84. The number of H-pyrrole nitrogens is 1. The molecule has 0 fully saturated rings. The Hall–Kier alpha value is -1.11. The van der Waals surface area contributed by atoms with Gasteiger partial charge in [0.2, 0.25) is 0 Å². The standard InChI is InChI=1S/C11H15ClN4OS/c1-3-8-10(12)9(16(2)15-8)5-13-4-7-6-18-11(17)14-7/h6,13H,3-5H2,1-2H3,(H,14,17). The summed E-state index contributed by atoms with van der Waals surface area (Å²) in [5.74, 6) is 0. The van der Waals surface area contributed by atoms with Crippen molar-refractivity contribution in [2.45, 2.75) is 26.4 Å². The van der Waals surface area contributed by atoms with Crippen molar-refractivity contribution in [3.8, 4) is 0 Å². The summed E-state index contributed by atoms with van der Waals surface area (Å²) in [5.41, 5.74) is 2.77. The molecule has 0 aromatic carbocycles. The number of hydrogen-bond donors (Lipinski definition) is 2. The van der Waals surface area contributed by atoms with E-state index in [9.17, 15) is 4.79 Å². The fraction of sp³-hybridized carbons (Fsp3) is 0.455. The Bertz CT molecular complexity index is 586. The van der Waals surface area contributed by atoms with E-state index >= 15 is 0 Å². The Morgan fingerprint density at radius 2 is 2.33 bits per heavy atom. The number of aromatic nitrogens is 3. The Morgan fingerprint density at radius 3 is 2.89 bits per heavy atom. The predicted molar refractivity (Wildman–Crippen MR) is 73.1 cm³/mol. The average molecular weight is 287 g/mol. The fourth-order valence-corrected chi connectivity index (χ4v) is 2.67. The van der Waals surface area contributed by atoms with E-state index in [1.165, 1.54) is 11.3 Å². The number of aryl methyl sites for hydroxylation is 2. The van der Waals surface area contributed by atoms with Gasteiger partial charge in [0.1, 0.15) is 0 Å². The van der Waals surface area contributed by atoms with Gasteiger partial charge in [-0.25, -0.2) is 0 Å². The minimum absolute atomic E-state index is 0.0290. The maximum absolute atomic E-state index is 11.0. The molecule has 7 heteroatoms. The van der Waals surface area contributed by atoms with Gasteiger partial charge in [-0.15, -0.1) is 0 Å². The highest BCUT2D eigenvalue weighted by Gasteiger charge is 2.12. The Labute approximate surface area is 114 Å². The minimum Gasteiger partial charge on any atom is -0.315 e. The summed E-state index contributed by atoms with van der Waals surface area (Å²) in [5, 5.41) is 10.1. The molecular formula is C11H15ClN4OS. The normalized spacial score (nSPS) is 11.1. The van der Waals surface area contributed by atoms with E-state index in [1.54, 1.807) is 4.68 Å². The zero-order valence-corrected chi connectivity index (χ0v) is 11.9. The summed E-state index contributed by atoms with van der Waals surface area (Å²) in [6.45, 7) is 3.27. The molecule has 0 amide bonds. The maximum Gasteiger partial charge on any atom is 0.304 e. The molecule has 18 heavy (non-hydrogen) atoms. The lowest BCUT2D eigenvalue weighted by Crippen LogP contribution is -2.16. The molecule has 0 saturated carbocycles. The molecular weight excluding hydrogens is 272 g/mol. The molecule has 2 N–H and O–H groups in total. The number of thiazole rings is 1. The van der Waals surface area contributed by atoms with Gasteiger partial charge < -0.3 is 10.3 Å². The van der Waals surface area contributed by atoms with E-state index in [0.717, 1.165) is 28.5 Å². The molecule has 98 valence electrons. The number of halogens is 1. The van der Waals surface area contributed by atoms with Crippen molar-refractivity contribution in [2.24, 2.45) is 7.05 Å². The summed E-state index contributed by atoms with van der Waals surface area (Å²) < 4.78 is 1.80. The van der Waals surface area contributed by atoms with Crippen molar-refractivity contribution in [1.29, 1.82) is 0 Å². The molecule has 2 aromatic rings. The van der Waals surface area contributed by atoms with E-state index < -0.39 is 0 Å². The lowest BCUT2D eigenvalue weighted by Gasteiger charge is -2.04. The number of hydrogen-bond acceptors (Lipinski definition) is 4. The van der Waals surface area contributed by atoms with Crippen LogP contribution in [-0.4, -0.2) is 14.8 Å². The van der Waals surface area contributed by atoms with Crippen LogP contribution in [0.1, 0.15) is 24.0 Å². The zero-order valence-electron chi connectivity index (χ0n) is 10.3. The second-order valence-corrected chi connectivity index (χ2v) is 5.18. The quantitative estimate of drug-likeness (QED) is 0.879. The summed E-state index contributed by atoms with van der Waals surface area (Å²) in [6.07, 6.45) is 0.824. The van der Waals surface area contributed by atoms with Crippen molar-refractivity contribution >= 4 is 22.9 Å². The number of nitrogens with one attached hydrogen (secondary N) is 2. The van der Waals surface area contributed by atoms with E-state index in [4.69, 9.17) is 11.6 Å². The first-order valence-electron chi connectivity index (χ1n) is 5.69. The van der Waals surface area contributed by atoms with Crippen LogP contribution in [0.2, 0.25) is 5.02 Å². The molecule has 0 aliphatic heterocycles. The highest BCUT2D eigenvalue weighted by molar-refractivity contribution is 7.07. The number of aromatic amines is 1. The second kappa shape index (κ2) is 5.69. The summed E-state index contributed by atoms with van der Waals surface area (Å²) >= 11 is 7.41. The van der Waals surface area contributed by atoms with E-state index in [1.807, 2.05) is 19.4 Å². The van der Waals surface area contributed by atoms with Gasteiger partial charge in [-0.1, -0.05) is 29.9 Å². The zero-order chi connectivity index (χ0) is 13.1. The second-order valence-electron chi connectivity index (χ2n) is 3.96. The lowest BCUT2D eigenvalue weighted by molar-refractivity contribution is 0.618. The van der Waals surface area contributed by atoms with E-state index in [-0.39, 0.29) is 4.87 Å². The first kappa shape index (κ1) is 13.3. The van der Waals surface area contributed by atoms with Crippen molar-refractivity contribution in [3.63, 3.8) is 0 Å². The summed E-state index contributed by atoms with van der Waals surface area (Å²) in [6, 6.07) is 0.